The Bertz CT molecular complexity index is 1100. The quantitative estimate of drug-likeness (QED) is 0.552. The number of nitrogens with one attached hydrogen (secondary N) is 1. The van der Waals surface area contributed by atoms with Crippen LogP contribution in [0.3, 0.4) is 0 Å². The minimum Gasteiger partial charge on any atom is -0.348 e. The van der Waals surface area contributed by atoms with Gasteiger partial charge in [-0.1, -0.05) is 42.0 Å². The molecule has 29 heavy (non-hydrogen) atoms. The highest BCUT2D eigenvalue weighted by Crippen LogP contribution is 2.15. The lowest BCUT2D eigenvalue weighted by molar-refractivity contribution is 0.0950. The summed E-state index contributed by atoms with van der Waals surface area (Å²) in [7, 11) is 0. The van der Waals surface area contributed by atoms with Gasteiger partial charge in [0.1, 0.15) is 12.7 Å². The minimum absolute atomic E-state index is 0.132. The van der Waals surface area contributed by atoms with Crippen LogP contribution in [-0.4, -0.2) is 30.5 Å². The molecule has 0 atom stereocenters. The Morgan fingerprint density at radius 3 is 2.38 bits per heavy atom. The van der Waals surface area contributed by atoms with Crippen molar-refractivity contribution in [2.24, 2.45) is 0 Å². The maximum atomic E-state index is 12.6. The second-order valence-corrected chi connectivity index (χ2v) is 6.98. The van der Waals surface area contributed by atoms with E-state index in [2.05, 4.69) is 20.5 Å². The van der Waals surface area contributed by atoms with Gasteiger partial charge in [-0.3, -0.25) is 4.79 Å². The Labute approximate surface area is 169 Å². The number of aryl methyl sites for hydroxylation is 1. The predicted octanol–water partition coefficient (Wildman–Crippen LogP) is 3.06. The van der Waals surface area contributed by atoms with Crippen LogP contribution in [0.25, 0.3) is 5.69 Å². The van der Waals surface area contributed by atoms with E-state index in [1.54, 1.807) is 21.9 Å². The molecule has 0 bridgehead atoms. The zero-order valence-corrected chi connectivity index (χ0v) is 16.4. The summed E-state index contributed by atoms with van der Waals surface area (Å²) in [4.78, 5) is 16.6. The standard InChI is InChI=1S/C22H22N6O/c1-16-3-9-20(10-4-16)28-17(2)21(12-25-28)22(29)24-11-18-5-7-19(8-6-18)13-27-15-23-14-26-27/h3-10,12,14-15H,11,13H2,1-2H3,(H,24,29). The molecule has 0 aliphatic heterocycles. The van der Waals surface area contributed by atoms with Crippen LogP contribution in [0.1, 0.15) is 32.7 Å². The van der Waals surface area contributed by atoms with Crippen molar-refractivity contribution in [1.29, 1.82) is 0 Å². The van der Waals surface area contributed by atoms with Crippen molar-refractivity contribution in [3.05, 3.63) is 95.3 Å². The summed E-state index contributed by atoms with van der Waals surface area (Å²) in [6, 6.07) is 16.1. The highest BCUT2D eigenvalue weighted by molar-refractivity contribution is 5.95. The molecule has 1 amide bonds. The van der Waals surface area contributed by atoms with Gasteiger partial charge in [-0.25, -0.2) is 14.3 Å². The number of hydrogen-bond donors (Lipinski definition) is 1. The van der Waals surface area contributed by atoms with Gasteiger partial charge in [-0.05, 0) is 37.1 Å². The lowest BCUT2D eigenvalue weighted by Crippen LogP contribution is -2.23. The summed E-state index contributed by atoms with van der Waals surface area (Å²) < 4.78 is 3.55. The molecule has 1 N–H and O–H groups in total. The van der Waals surface area contributed by atoms with Gasteiger partial charge < -0.3 is 5.32 Å². The molecule has 0 aliphatic rings. The fraction of sp³-hybridized carbons (Fsp3) is 0.182. The third-order valence-corrected chi connectivity index (χ3v) is 4.82. The van der Waals surface area contributed by atoms with Crippen LogP contribution >= 0.6 is 0 Å². The number of carbonyl (C=O) groups is 1. The van der Waals surface area contributed by atoms with Crippen molar-refractivity contribution in [2.45, 2.75) is 26.9 Å². The monoisotopic (exact) mass is 386 g/mol. The van der Waals surface area contributed by atoms with Crippen LogP contribution in [0.2, 0.25) is 0 Å². The van der Waals surface area contributed by atoms with E-state index in [0.717, 1.165) is 22.5 Å². The third-order valence-electron chi connectivity index (χ3n) is 4.82. The number of hydrogen-bond acceptors (Lipinski definition) is 4. The first kappa shape index (κ1) is 18.6. The van der Waals surface area contributed by atoms with Gasteiger partial charge in [0, 0.05) is 6.54 Å². The second-order valence-electron chi connectivity index (χ2n) is 6.98. The summed E-state index contributed by atoms with van der Waals surface area (Å²) >= 11 is 0. The highest BCUT2D eigenvalue weighted by atomic mass is 16.1. The second kappa shape index (κ2) is 8.10. The summed E-state index contributed by atoms with van der Waals surface area (Å²) in [6.07, 6.45) is 4.83. The molecule has 7 heteroatoms. The van der Waals surface area contributed by atoms with E-state index in [1.807, 2.05) is 62.4 Å². The van der Waals surface area contributed by atoms with Crippen molar-refractivity contribution in [1.82, 2.24) is 29.9 Å². The van der Waals surface area contributed by atoms with Crippen molar-refractivity contribution in [3.8, 4) is 5.69 Å². The summed E-state index contributed by atoms with van der Waals surface area (Å²) in [5.41, 5.74) is 5.67. The van der Waals surface area contributed by atoms with E-state index in [9.17, 15) is 4.79 Å². The third kappa shape index (κ3) is 4.24. The van der Waals surface area contributed by atoms with Gasteiger partial charge >= 0.3 is 0 Å². The molecule has 146 valence electrons. The fourth-order valence-electron chi connectivity index (χ4n) is 3.12. The van der Waals surface area contributed by atoms with Crippen LogP contribution in [0.5, 0.6) is 0 Å². The summed E-state index contributed by atoms with van der Waals surface area (Å²) in [6.45, 7) is 5.07. The van der Waals surface area contributed by atoms with Crippen molar-refractivity contribution in [3.63, 3.8) is 0 Å². The zero-order chi connectivity index (χ0) is 20.2. The smallest absolute Gasteiger partial charge is 0.255 e. The molecular formula is C22H22N6O. The average molecular weight is 386 g/mol. The number of aromatic nitrogens is 5. The lowest BCUT2D eigenvalue weighted by atomic mass is 10.1. The Balaban J connectivity index is 1.39. The van der Waals surface area contributed by atoms with Crippen molar-refractivity contribution in [2.75, 3.05) is 0 Å². The molecule has 0 saturated heterocycles. The van der Waals surface area contributed by atoms with Crippen LogP contribution < -0.4 is 5.32 Å². The summed E-state index contributed by atoms with van der Waals surface area (Å²) in [5, 5.41) is 11.5. The maximum Gasteiger partial charge on any atom is 0.255 e. The van der Waals surface area contributed by atoms with Gasteiger partial charge in [0.25, 0.3) is 5.91 Å². The van der Waals surface area contributed by atoms with Gasteiger partial charge in [0.05, 0.1) is 29.7 Å². The number of nitrogens with zero attached hydrogens (tertiary/aromatic N) is 5. The fourth-order valence-corrected chi connectivity index (χ4v) is 3.12. The van der Waals surface area contributed by atoms with E-state index < -0.39 is 0 Å². The lowest BCUT2D eigenvalue weighted by Gasteiger charge is -2.08. The van der Waals surface area contributed by atoms with Gasteiger partial charge in [0.2, 0.25) is 0 Å². The Kier molecular flexibility index (Phi) is 5.20. The van der Waals surface area contributed by atoms with E-state index in [0.29, 0.717) is 18.7 Å². The largest absolute Gasteiger partial charge is 0.348 e. The van der Waals surface area contributed by atoms with Crippen LogP contribution in [0.4, 0.5) is 0 Å². The molecule has 2 aromatic carbocycles. The van der Waals surface area contributed by atoms with E-state index in [4.69, 9.17) is 0 Å². The predicted molar refractivity (Wildman–Crippen MR) is 110 cm³/mol. The van der Waals surface area contributed by atoms with Crippen molar-refractivity contribution < 1.29 is 4.79 Å². The molecule has 0 radical (unpaired) electrons. The molecule has 2 heterocycles. The molecule has 0 fully saturated rings. The van der Waals surface area contributed by atoms with Gasteiger partial charge in [0.15, 0.2) is 0 Å². The SMILES string of the molecule is Cc1ccc(-n2ncc(C(=O)NCc3ccc(Cn4cncn4)cc3)c2C)cc1. The molecule has 0 aliphatic carbocycles. The maximum absolute atomic E-state index is 12.6. The molecule has 4 aromatic rings. The molecule has 7 nitrogen and oxygen atoms in total. The molecule has 2 aromatic heterocycles. The van der Waals surface area contributed by atoms with E-state index in [-0.39, 0.29) is 5.91 Å². The average Bonchev–Trinajstić information content (AvgIpc) is 3.38. The molecule has 0 saturated carbocycles. The molecule has 0 spiro atoms. The molecule has 4 rings (SSSR count). The first-order valence-corrected chi connectivity index (χ1v) is 9.40. The topological polar surface area (TPSA) is 77.6 Å². The molecule has 0 unspecified atom stereocenters. The van der Waals surface area contributed by atoms with Gasteiger partial charge in [-0.2, -0.15) is 10.2 Å². The number of amides is 1. The number of benzene rings is 2. The van der Waals surface area contributed by atoms with E-state index in [1.165, 1.54) is 11.9 Å². The van der Waals surface area contributed by atoms with Crippen LogP contribution in [0, 0.1) is 13.8 Å². The van der Waals surface area contributed by atoms with E-state index >= 15 is 0 Å². The first-order valence-electron chi connectivity index (χ1n) is 9.40. The minimum atomic E-state index is -0.132. The van der Waals surface area contributed by atoms with Crippen LogP contribution in [-0.2, 0) is 13.1 Å². The highest BCUT2D eigenvalue weighted by Gasteiger charge is 2.15. The first-order chi connectivity index (χ1) is 14.1. The number of rotatable bonds is 6. The summed E-state index contributed by atoms with van der Waals surface area (Å²) in [5.74, 6) is -0.132. The Morgan fingerprint density at radius 2 is 1.69 bits per heavy atom. The Morgan fingerprint density at radius 1 is 0.966 bits per heavy atom. The Hall–Kier alpha value is -3.74. The van der Waals surface area contributed by atoms with Crippen molar-refractivity contribution >= 4 is 5.91 Å². The molecular weight excluding hydrogens is 364 g/mol. The van der Waals surface area contributed by atoms with Crippen LogP contribution in [0.15, 0.2) is 67.4 Å². The normalized spacial score (nSPS) is 10.8. The van der Waals surface area contributed by atoms with Gasteiger partial charge in [-0.15, -0.1) is 0 Å². The zero-order valence-electron chi connectivity index (χ0n) is 16.4. The number of carbonyl (C=O) groups excluding carboxylic acids is 1.